The van der Waals surface area contributed by atoms with Gasteiger partial charge in [0.05, 0.1) is 24.8 Å². The van der Waals surface area contributed by atoms with Crippen LogP contribution >= 0.6 is 0 Å². The van der Waals surface area contributed by atoms with Gasteiger partial charge < -0.3 is 20.2 Å². The molecule has 0 aromatic carbocycles. The van der Waals surface area contributed by atoms with Crippen LogP contribution in [0.25, 0.3) is 0 Å². The lowest BCUT2D eigenvalue weighted by atomic mass is 9.90. The highest BCUT2D eigenvalue weighted by Crippen LogP contribution is 2.31. The fourth-order valence-corrected chi connectivity index (χ4v) is 3.04. The number of hydrogen-bond acceptors (Lipinski definition) is 7. The van der Waals surface area contributed by atoms with Gasteiger partial charge in [-0.15, -0.1) is 0 Å². The number of hydrogen-bond donors (Lipinski definition) is 3. The monoisotopic (exact) mass is 383 g/mol. The number of unbranched alkanes of at least 4 members (excludes halogenated alkanes) is 2. The second kappa shape index (κ2) is 12.2. The van der Waals surface area contributed by atoms with Crippen LogP contribution in [0, 0.1) is 11.8 Å². The van der Waals surface area contributed by atoms with Gasteiger partial charge in [-0.25, -0.2) is 0 Å². The zero-order chi connectivity index (χ0) is 20.2. The molecule has 0 spiro atoms. The van der Waals surface area contributed by atoms with Crippen LogP contribution in [0.1, 0.15) is 58.3 Å². The van der Waals surface area contributed by atoms with Crippen LogP contribution in [-0.4, -0.2) is 51.6 Å². The Labute approximate surface area is 158 Å². The van der Waals surface area contributed by atoms with E-state index in [1.54, 1.807) is 12.2 Å². The van der Waals surface area contributed by atoms with Crippen molar-refractivity contribution in [3.8, 4) is 0 Å². The van der Waals surface area contributed by atoms with Gasteiger partial charge in [0, 0.05) is 24.7 Å². The van der Waals surface area contributed by atoms with Gasteiger partial charge in [0.15, 0.2) is 0 Å². The lowest BCUT2D eigenvalue weighted by Gasteiger charge is -2.15. The molecule has 3 atom stereocenters. The number of carboxylic acid groups (broad SMARTS) is 1. The topological polar surface area (TPSA) is 133 Å². The number of nitrogens with zero attached hydrogens (tertiary/aromatic N) is 1. The number of aliphatic hydroxyl groups is 1. The highest BCUT2D eigenvalue weighted by Gasteiger charge is 2.40. The fraction of sp³-hybridized carbons (Fsp3) is 0.684. The smallest absolute Gasteiger partial charge is 0.306 e. The number of oxime groups is 1. The summed E-state index contributed by atoms with van der Waals surface area (Å²) >= 11 is 0. The lowest BCUT2D eigenvalue weighted by Crippen LogP contribution is -2.22. The van der Waals surface area contributed by atoms with Crippen molar-refractivity contribution in [2.24, 2.45) is 17.0 Å². The van der Waals surface area contributed by atoms with Crippen molar-refractivity contribution in [1.29, 1.82) is 0 Å². The normalized spacial score (nSPS) is 22.4. The number of allylic oxidation sites excluding steroid dienone is 1. The molecule has 1 aliphatic rings. The quantitative estimate of drug-likeness (QED) is 0.155. The van der Waals surface area contributed by atoms with Crippen LogP contribution in [0.3, 0.4) is 0 Å². The first kappa shape index (κ1) is 22.8. The third-order valence-corrected chi connectivity index (χ3v) is 4.54. The lowest BCUT2D eigenvalue weighted by molar-refractivity contribution is -0.147. The molecule has 1 saturated carbocycles. The largest absolute Gasteiger partial charge is 0.481 e. The van der Waals surface area contributed by atoms with Crippen molar-refractivity contribution < 1.29 is 34.5 Å². The molecule has 8 nitrogen and oxygen atoms in total. The highest BCUT2D eigenvalue weighted by molar-refractivity contribution is 6.12. The van der Waals surface area contributed by atoms with Gasteiger partial charge in [-0.3, -0.25) is 14.4 Å². The number of ether oxygens (including phenoxy) is 1. The summed E-state index contributed by atoms with van der Waals surface area (Å²) in [6.07, 6.45) is 5.99. The summed E-state index contributed by atoms with van der Waals surface area (Å²) in [5, 5.41) is 30.9. The molecule has 1 rings (SSSR count). The Morgan fingerprint density at radius 2 is 2.07 bits per heavy atom. The first-order valence-corrected chi connectivity index (χ1v) is 9.36. The molecule has 0 amide bonds. The van der Waals surface area contributed by atoms with Gasteiger partial charge in [-0.2, -0.15) is 0 Å². The molecule has 0 bridgehead atoms. The second-order valence-corrected chi connectivity index (χ2v) is 6.74. The second-order valence-electron chi connectivity index (χ2n) is 6.74. The van der Waals surface area contributed by atoms with E-state index in [0.717, 1.165) is 19.3 Å². The third-order valence-electron chi connectivity index (χ3n) is 4.54. The number of carbonyl (C=O) groups is 3. The van der Waals surface area contributed by atoms with Gasteiger partial charge in [0.25, 0.3) is 0 Å². The van der Waals surface area contributed by atoms with E-state index in [-0.39, 0.29) is 43.8 Å². The number of aliphatic hydroxyl groups excluding tert-OH is 1. The van der Waals surface area contributed by atoms with Crippen LogP contribution in [0.5, 0.6) is 0 Å². The van der Waals surface area contributed by atoms with Crippen LogP contribution in [0.4, 0.5) is 0 Å². The van der Waals surface area contributed by atoms with Crippen molar-refractivity contribution in [1.82, 2.24) is 0 Å². The van der Waals surface area contributed by atoms with Gasteiger partial charge in [0.2, 0.25) is 0 Å². The van der Waals surface area contributed by atoms with E-state index in [2.05, 4.69) is 12.1 Å². The Morgan fingerprint density at radius 3 is 2.70 bits per heavy atom. The molecule has 0 saturated heterocycles. The van der Waals surface area contributed by atoms with Crippen LogP contribution in [-0.2, 0) is 19.1 Å². The van der Waals surface area contributed by atoms with E-state index in [1.165, 1.54) is 0 Å². The molecule has 1 aliphatic carbocycles. The van der Waals surface area contributed by atoms with Gasteiger partial charge in [0.1, 0.15) is 5.78 Å². The minimum absolute atomic E-state index is 0.0242. The molecule has 0 radical (unpaired) electrons. The predicted octanol–water partition coefficient (Wildman–Crippen LogP) is 2.32. The maximum atomic E-state index is 12.2. The van der Waals surface area contributed by atoms with Crippen molar-refractivity contribution in [2.75, 3.05) is 6.61 Å². The summed E-state index contributed by atoms with van der Waals surface area (Å²) in [5.74, 6) is -3.05. The number of esters is 1. The van der Waals surface area contributed by atoms with Gasteiger partial charge in [-0.1, -0.05) is 43.5 Å². The van der Waals surface area contributed by atoms with Gasteiger partial charge in [-0.05, 0) is 12.8 Å². The Hall–Kier alpha value is -2.22. The number of Topliss-reactive ketones (excluding diaryl/α,β-unsaturated/α-hetero) is 1. The number of rotatable bonds is 12. The first-order chi connectivity index (χ1) is 12.9. The molecule has 152 valence electrons. The summed E-state index contributed by atoms with van der Waals surface area (Å²) in [7, 11) is 0. The zero-order valence-corrected chi connectivity index (χ0v) is 15.7. The summed E-state index contributed by atoms with van der Waals surface area (Å²) < 4.78 is 4.98. The first-order valence-electron chi connectivity index (χ1n) is 9.36. The van der Waals surface area contributed by atoms with E-state index in [9.17, 15) is 19.5 Å². The predicted molar refractivity (Wildman–Crippen MR) is 97.6 cm³/mol. The Kier molecular flexibility index (Phi) is 10.3. The van der Waals surface area contributed by atoms with Crippen molar-refractivity contribution >= 4 is 23.4 Å². The number of aliphatic carboxylic acids is 1. The van der Waals surface area contributed by atoms with Crippen molar-refractivity contribution in [3.05, 3.63) is 12.2 Å². The van der Waals surface area contributed by atoms with E-state index < -0.39 is 29.9 Å². The van der Waals surface area contributed by atoms with Crippen LogP contribution in [0.2, 0.25) is 0 Å². The third kappa shape index (κ3) is 8.34. The SMILES string of the molecule is CCCCC[C@@H](O)/C=C/[C@H]1/C(=N/O)CC(=O)[C@@H]1CC(=O)OCCCC(=O)O. The summed E-state index contributed by atoms with van der Waals surface area (Å²) in [6, 6.07) is 0. The molecular formula is C19H29NO7. The molecule has 1 fully saturated rings. The Bertz CT molecular complexity index is 570. The average molecular weight is 383 g/mol. The van der Waals surface area contributed by atoms with E-state index >= 15 is 0 Å². The number of carboxylic acids is 1. The molecule has 0 unspecified atom stereocenters. The minimum Gasteiger partial charge on any atom is -0.481 e. The summed E-state index contributed by atoms with van der Waals surface area (Å²) in [4.78, 5) is 34.6. The molecule has 3 N–H and O–H groups in total. The highest BCUT2D eigenvalue weighted by atomic mass is 16.5. The molecule has 0 aliphatic heterocycles. The van der Waals surface area contributed by atoms with Crippen molar-refractivity contribution in [2.45, 2.75) is 64.4 Å². The molecular weight excluding hydrogens is 354 g/mol. The molecule has 8 heteroatoms. The average Bonchev–Trinajstić information content (AvgIpc) is 2.92. The number of ketones is 1. The Balaban J connectivity index is 2.62. The zero-order valence-electron chi connectivity index (χ0n) is 15.7. The van der Waals surface area contributed by atoms with Crippen LogP contribution in [0.15, 0.2) is 17.3 Å². The summed E-state index contributed by atoms with van der Waals surface area (Å²) in [5.41, 5.74) is 0.265. The van der Waals surface area contributed by atoms with E-state index in [4.69, 9.17) is 15.1 Å². The molecule has 27 heavy (non-hydrogen) atoms. The van der Waals surface area contributed by atoms with Crippen LogP contribution < -0.4 is 0 Å². The van der Waals surface area contributed by atoms with Gasteiger partial charge >= 0.3 is 11.9 Å². The Morgan fingerprint density at radius 1 is 1.33 bits per heavy atom. The standard InChI is InChI=1S/C19H29NO7/c1-2-3-4-6-13(21)8-9-14-15(17(22)12-16(14)20-26)11-19(25)27-10-5-7-18(23)24/h8-9,13-15,21,26H,2-7,10-12H2,1H3,(H,23,24)/b9-8+,20-16+/t13-,14-,15-/m1/s1. The molecule has 0 aromatic rings. The fourth-order valence-electron chi connectivity index (χ4n) is 3.04. The number of carbonyl (C=O) groups excluding carboxylic acids is 2. The minimum atomic E-state index is -0.969. The molecule has 0 aromatic heterocycles. The maximum Gasteiger partial charge on any atom is 0.306 e. The summed E-state index contributed by atoms with van der Waals surface area (Å²) in [6.45, 7) is 2.05. The maximum absolute atomic E-state index is 12.2. The van der Waals surface area contributed by atoms with E-state index in [1.807, 2.05) is 0 Å². The molecule has 0 heterocycles. The van der Waals surface area contributed by atoms with Crippen molar-refractivity contribution in [3.63, 3.8) is 0 Å². The van der Waals surface area contributed by atoms with E-state index in [0.29, 0.717) is 6.42 Å².